The molecule has 11 heteroatoms. The molecule has 0 aromatic heterocycles. The molecule has 3 aliphatic heterocycles. The van der Waals surface area contributed by atoms with Gasteiger partial charge in [-0.05, 0) is 50.5 Å². The Morgan fingerprint density at radius 1 is 1.17 bits per heavy atom. The van der Waals surface area contributed by atoms with Crippen molar-refractivity contribution >= 4 is 29.8 Å². The molecule has 1 aromatic rings. The summed E-state index contributed by atoms with van der Waals surface area (Å²) in [6, 6.07) is 2.78. The number of rotatable bonds is 6. The molecular formula is C25H32N4O7. The fraction of sp³-hybridized carbons (Fsp3) is 0.560. The maximum atomic E-state index is 13.2. The second-order valence-electron chi connectivity index (χ2n) is 10.5. The number of hydrogen-bond donors (Lipinski definition) is 2. The molecule has 36 heavy (non-hydrogen) atoms. The number of benzene rings is 1. The Hall–Kier alpha value is -3.47. The Morgan fingerprint density at radius 3 is 2.53 bits per heavy atom. The SMILES string of the molecule is COC(=O)c1cc2c(cc1CNC1CCC(=O)NC1=O)C(=O)N(CC1CN(C(=O)OC(C)(C)C)C1)C2. The summed E-state index contributed by atoms with van der Waals surface area (Å²) in [4.78, 5) is 64.6. The second-order valence-corrected chi connectivity index (χ2v) is 10.5. The van der Waals surface area contributed by atoms with Gasteiger partial charge in [0, 0.05) is 50.6 Å². The summed E-state index contributed by atoms with van der Waals surface area (Å²) in [5.41, 5.74) is 1.54. The number of esters is 1. The van der Waals surface area contributed by atoms with Crippen LogP contribution in [-0.2, 0) is 32.2 Å². The van der Waals surface area contributed by atoms with Crippen LogP contribution in [0.3, 0.4) is 0 Å². The van der Waals surface area contributed by atoms with Gasteiger partial charge in [0.05, 0.1) is 18.7 Å². The molecule has 0 radical (unpaired) electrons. The van der Waals surface area contributed by atoms with Crippen LogP contribution in [0.2, 0.25) is 0 Å². The highest BCUT2D eigenvalue weighted by molar-refractivity contribution is 6.01. The maximum absolute atomic E-state index is 13.2. The van der Waals surface area contributed by atoms with Crippen molar-refractivity contribution in [3.63, 3.8) is 0 Å². The molecule has 1 unspecified atom stereocenters. The molecule has 3 aliphatic rings. The van der Waals surface area contributed by atoms with Gasteiger partial charge in [0.25, 0.3) is 5.91 Å². The molecule has 1 aromatic carbocycles. The lowest BCUT2D eigenvalue weighted by Gasteiger charge is -2.41. The molecule has 2 saturated heterocycles. The predicted octanol–water partition coefficient (Wildman–Crippen LogP) is 1.19. The van der Waals surface area contributed by atoms with Crippen LogP contribution < -0.4 is 10.6 Å². The van der Waals surface area contributed by atoms with E-state index in [1.165, 1.54) is 7.11 Å². The first-order valence-corrected chi connectivity index (χ1v) is 12.0. The molecule has 1 atom stereocenters. The summed E-state index contributed by atoms with van der Waals surface area (Å²) in [6.45, 7) is 7.50. The Bertz CT molecular complexity index is 1100. The molecule has 0 aliphatic carbocycles. The van der Waals surface area contributed by atoms with E-state index >= 15 is 0 Å². The van der Waals surface area contributed by atoms with Gasteiger partial charge in [0.1, 0.15) is 5.60 Å². The molecule has 4 rings (SSSR count). The molecule has 4 amide bonds. The fourth-order valence-corrected chi connectivity index (χ4v) is 4.65. The zero-order valence-electron chi connectivity index (χ0n) is 21.0. The van der Waals surface area contributed by atoms with Gasteiger partial charge in [-0.3, -0.25) is 19.7 Å². The molecule has 194 valence electrons. The zero-order chi connectivity index (χ0) is 26.2. The lowest BCUT2D eigenvalue weighted by Crippen LogP contribution is -2.54. The number of amides is 4. The van der Waals surface area contributed by atoms with E-state index in [0.717, 1.165) is 5.56 Å². The van der Waals surface area contributed by atoms with E-state index in [9.17, 15) is 24.0 Å². The standard InChI is InChI=1S/C25H32N4O7/c1-25(2,3)36-24(34)29-11-14(12-29)10-28-13-16-8-18(23(33)35-4)15(7-17(16)22(28)32)9-26-19-5-6-20(30)27-21(19)31/h7-8,14,19,26H,5-6,9-13H2,1-4H3,(H,27,30,31). The van der Waals surface area contributed by atoms with E-state index in [1.807, 2.05) is 20.8 Å². The average molecular weight is 501 g/mol. The number of ether oxygens (including phenoxy) is 2. The van der Waals surface area contributed by atoms with Crippen LogP contribution in [0.4, 0.5) is 4.79 Å². The smallest absolute Gasteiger partial charge is 0.410 e. The number of fused-ring (bicyclic) bond motifs is 1. The molecule has 2 N–H and O–H groups in total. The highest BCUT2D eigenvalue weighted by Gasteiger charge is 2.38. The Balaban J connectivity index is 1.41. The molecular weight excluding hydrogens is 468 g/mol. The molecule has 11 nitrogen and oxygen atoms in total. The van der Waals surface area contributed by atoms with Gasteiger partial charge in [-0.2, -0.15) is 0 Å². The lowest BCUT2D eigenvalue weighted by atomic mass is 9.98. The monoisotopic (exact) mass is 500 g/mol. The van der Waals surface area contributed by atoms with Crippen molar-refractivity contribution in [2.75, 3.05) is 26.7 Å². The van der Waals surface area contributed by atoms with Crippen molar-refractivity contribution in [1.29, 1.82) is 0 Å². The number of carbonyl (C=O) groups is 5. The molecule has 2 fully saturated rings. The van der Waals surface area contributed by atoms with Gasteiger partial charge in [-0.25, -0.2) is 9.59 Å². The number of nitrogens with zero attached hydrogens (tertiary/aromatic N) is 2. The van der Waals surface area contributed by atoms with Crippen LogP contribution in [-0.4, -0.2) is 78.0 Å². The summed E-state index contributed by atoms with van der Waals surface area (Å²) in [6.07, 6.45) is 0.236. The minimum Gasteiger partial charge on any atom is -0.465 e. The van der Waals surface area contributed by atoms with Crippen molar-refractivity contribution in [2.24, 2.45) is 5.92 Å². The van der Waals surface area contributed by atoms with Gasteiger partial charge < -0.3 is 24.6 Å². The normalized spacial score (nSPS) is 20.1. The largest absolute Gasteiger partial charge is 0.465 e. The minimum atomic E-state index is -0.569. The summed E-state index contributed by atoms with van der Waals surface area (Å²) >= 11 is 0. The first-order valence-electron chi connectivity index (χ1n) is 12.0. The van der Waals surface area contributed by atoms with Crippen LogP contribution in [0, 0.1) is 5.92 Å². The third kappa shape index (κ3) is 5.51. The van der Waals surface area contributed by atoms with Crippen molar-refractivity contribution in [1.82, 2.24) is 20.4 Å². The quantitative estimate of drug-likeness (QED) is 0.440. The van der Waals surface area contributed by atoms with Crippen LogP contribution >= 0.6 is 0 Å². The van der Waals surface area contributed by atoms with E-state index in [0.29, 0.717) is 49.3 Å². The van der Waals surface area contributed by atoms with Crippen LogP contribution in [0.5, 0.6) is 0 Å². The Labute approximate surface area is 209 Å². The number of imide groups is 1. The summed E-state index contributed by atoms with van der Waals surface area (Å²) in [5.74, 6) is -1.24. The van der Waals surface area contributed by atoms with E-state index < -0.39 is 23.5 Å². The van der Waals surface area contributed by atoms with E-state index in [4.69, 9.17) is 9.47 Å². The number of methoxy groups -OCH3 is 1. The van der Waals surface area contributed by atoms with Crippen LogP contribution in [0.25, 0.3) is 0 Å². The number of carbonyl (C=O) groups excluding carboxylic acids is 5. The third-order valence-electron chi connectivity index (χ3n) is 6.48. The molecule has 0 saturated carbocycles. The van der Waals surface area contributed by atoms with E-state index in [1.54, 1.807) is 21.9 Å². The first kappa shape index (κ1) is 25.6. The molecule has 3 heterocycles. The van der Waals surface area contributed by atoms with Gasteiger partial charge in [-0.1, -0.05) is 0 Å². The fourth-order valence-electron chi connectivity index (χ4n) is 4.65. The molecule has 0 bridgehead atoms. The average Bonchev–Trinajstić information content (AvgIpc) is 3.07. The highest BCUT2D eigenvalue weighted by Crippen LogP contribution is 2.30. The van der Waals surface area contributed by atoms with Crippen molar-refractivity contribution < 1.29 is 33.4 Å². The summed E-state index contributed by atoms with van der Waals surface area (Å²) in [5, 5.41) is 5.37. The summed E-state index contributed by atoms with van der Waals surface area (Å²) in [7, 11) is 1.29. The topological polar surface area (TPSA) is 134 Å². The first-order chi connectivity index (χ1) is 16.9. The zero-order valence-corrected chi connectivity index (χ0v) is 21.0. The van der Waals surface area contributed by atoms with Crippen LogP contribution in [0.1, 0.15) is 65.5 Å². The minimum absolute atomic E-state index is 0.139. The lowest BCUT2D eigenvalue weighted by molar-refractivity contribution is -0.134. The maximum Gasteiger partial charge on any atom is 0.410 e. The predicted molar refractivity (Wildman–Crippen MR) is 127 cm³/mol. The van der Waals surface area contributed by atoms with Gasteiger partial charge in [0.15, 0.2) is 0 Å². The van der Waals surface area contributed by atoms with Gasteiger partial charge >= 0.3 is 12.1 Å². The number of piperidine rings is 1. The Morgan fingerprint density at radius 2 is 1.89 bits per heavy atom. The van der Waals surface area contributed by atoms with E-state index in [-0.39, 0.29) is 36.8 Å². The van der Waals surface area contributed by atoms with Gasteiger partial charge in [0.2, 0.25) is 11.8 Å². The van der Waals surface area contributed by atoms with E-state index in [2.05, 4.69) is 10.6 Å². The van der Waals surface area contributed by atoms with Crippen molar-refractivity contribution in [3.05, 3.63) is 34.4 Å². The summed E-state index contributed by atoms with van der Waals surface area (Å²) < 4.78 is 10.3. The third-order valence-corrected chi connectivity index (χ3v) is 6.48. The van der Waals surface area contributed by atoms with Crippen molar-refractivity contribution in [3.8, 4) is 0 Å². The Kier molecular flexibility index (Phi) is 7.03. The van der Waals surface area contributed by atoms with Gasteiger partial charge in [-0.15, -0.1) is 0 Å². The number of likely N-dealkylation sites (tertiary alicyclic amines) is 1. The number of nitrogens with one attached hydrogen (secondary N) is 2. The number of hydrogen-bond acceptors (Lipinski definition) is 8. The van der Waals surface area contributed by atoms with Crippen LogP contribution in [0.15, 0.2) is 12.1 Å². The highest BCUT2D eigenvalue weighted by atomic mass is 16.6. The van der Waals surface area contributed by atoms with Crippen molar-refractivity contribution in [2.45, 2.75) is 58.3 Å². The molecule has 0 spiro atoms. The second kappa shape index (κ2) is 9.88.